The van der Waals surface area contributed by atoms with Crippen LogP contribution in [0.3, 0.4) is 0 Å². The normalized spacial score (nSPS) is 8.87. The van der Waals surface area contributed by atoms with Gasteiger partial charge in [-0.1, -0.05) is 18.2 Å². The summed E-state index contributed by atoms with van der Waals surface area (Å²) in [6.07, 6.45) is 2.15. The van der Waals surface area contributed by atoms with Crippen molar-refractivity contribution >= 4 is 17.0 Å². The molecule has 6 heteroatoms. The number of nitrogens with two attached hydrogens (primary N) is 1. The minimum Gasteiger partial charge on any atom is -0.464 e. The van der Waals surface area contributed by atoms with Crippen LogP contribution >= 0.6 is 0 Å². The van der Waals surface area contributed by atoms with Crippen molar-refractivity contribution in [1.82, 2.24) is 15.4 Å². The van der Waals surface area contributed by atoms with Crippen molar-refractivity contribution in [3.8, 4) is 0 Å². The van der Waals surface area contributed by atoms with E-state index < -0.39 is 6.09 Å². The van der Waals surface area contributed by atoms with Crippen molar-refractivity contribution < 1.29 is 9.90 Å². The topological polar surface area (TPSA) is 101 Å². The molecule has 4 N–H and O–H groups in total. The number of carboxylic acid groups (broad SMARTS) is 1. The summed E-state index contributed by atoms with van der Waals surface area (Å²) in [5.74, 6) is 4.32. The Morgan fingerprint density at radius 2 is 2.07 bits per heavy atom. The number of nitrogens with zero attached hydrogens (tertiary/aromatic N) is 2. The van der Waals surface area contributed by atoms with Crippen LogP contribution in [0.5, 0.6) is 0 Å². The second-order valence-corrected chi connectivity index (χ2v) is 2.53. The number of para-hydroxylation sites is 1. The summed E-state index contributed by atoms with van der Waals surface area (Å²) in [5.41, 5.74) is 2.44. The van der Waals surface area contributed by atoms with Gasteiger partial charge in [0.15, 0.2) is 0 Å². The highest BCUT2D eigenvalue weighted by molar-refractivity contribution is 5.76. The summed E-state index contributed by atoms with van der Waals surface area (Å²) in [5, 5.41) is 8.57. The molecule has 78 valence electrons. The number of hydrogen-bond donors (Lipinski definition) is 3. The molecule has 0 fully saturated rings. The monoisotopic (exact) mass is 206 g/mol. The van der Waals surface area contributed by atoms with E-state index >= 15 is 0 Å². The first-order valence-electron chi connectivity index (χ1n) is 4.08. The molecule has 0 bridgehead atoms. The number of hydrazine groups is 1. The summed E-state index contributed by atoms with van der Waals surface area (Å²) < 4.78 is 0. The Kier molecular flexibility index (Phi) is 3.99. The lowest BCUT2D eigenvalue weighted by Crippen LogP contribution is -2.27. The quantitative estimate of drug-likeness (QED) is 0.335. The fourth-order valence-electron chi connectivity index (χ4n) is 0.923. The van der Waals surface area contributed by atoms with Crippen LogP contribution in [-0.4, -0.2) is 21.2 Å². The van der Waals surface area contributed by atoms with E-state index in [9.17, 15) is 0 Å². The Morgan fingerprint density at radius 1 is 1.40 bits per heavy atom. The Bertz CT molecular complexity index is 381. The molecular formula is C9H10N4O2. The number of nitrogens with one attached hydrogen (secondary N) is 1. The van der Waals surface area contributed by atoms with Crippen molar-refractivity contribution in [2.45, 2.75) is 0 Å². The number of fused-ring (bicyclic) bond motifs is 1. The predicted octanol–water partition coefficient (Wildman–Crippen LogP) is 0.757. The van der Waals surface area contributed by atoms with Crippen molar-refractivity contribution in [3.05, 3.63) is 36.8 Å². The van der Waals surface area contributed by atoms with Gasteiger partial charge in [0.1, 0.15) is 6.33 Å². The first-order valence-corrected chi connectivity index (χ1v) is 4.08. The van der Waals surface area contributed by atoms with Crippen molar-refractivity contribution in [3.63, 3.8) is 0 Å². The third-order valence-corrected chi connectivity index (χ3v) is 1.54. The smallest absolute Gasteiger partial charge is 0.418 e. The molecule has 1 aromatic carbocycles. The average molecular weight is 206 g/mol. The standard InChI is InChI=1S/C8H6N2.CH4N2O2/c1-2-4-8-7(3-1)5-9-6-10-8;2-3-1(4)5/h1-6H;3H,2H2,(H,4,5). The minimum atomic E-state index is -1.22. The molecule has 0 saturated carbocycles. The van der Waals surface area contributed by atoms with Gasteiger partial charge in [-0.2, -0.15) is 0 Å². The van der Waals surface area contributed by atoms with Crippen LogP contribution in [0.15, 0.2) is 36.8 Å². The Balaban J connectivity index is 0.000000195. The van der Waals surface area contributed by atoms with E-state index in [1.54, 1.807) is 6.33 Å². The molecule has 0 aliphatic carbocycles. The van der Waals surface area contributed by atoms with E-state index in [1.807, 2.05) is 30.5 Å². The van der Waals surface area contributed by atoms with Crippen LogP contribution in [-0.2, 0) is 0 Å². The van der Waals surface area contributed by atoms with E-state index in [2.05, 4.69) is 15.8 Å². The van der Waals surface area contributed by atoms with E-state index in [-0.39, 0.29) is 0 Å². The molecule has 2 rings (SSSR count). The summed E-state index contributed by atoms with van der Waals surface area (Å²) >= 11 is 0. The molecule has 2 aromatic rings. The second kappa shape index (κ2) is 5.51. The highest BCUT2D eigenvalue weighted by Crippen LogP contribution is 2.06. The summed E-state index contributed by atoms with van der Waals surface area (Å²) in [6, 6.07) is 7.91. The van der Waals surface area contributed by atoms with Gasteiger partial charge in [0.05, 0.1) is 5.52 Å². The number of aromatic nitrogens is 2. The number of amides is 1. The van der Waals surface area contributed by atoms with Crippen LogP contribution in [0.1, 0.15) is 0 Å². The maximum atomic E-state index is 9.13. The molecule has 0 spiro atoms. The number of benzene rings is 1. The van der Waals surface area contributed by atoms with Gasteiger partial charge in [-0.25, -0.2) is 20.6 Å². The highest BCUT2D eigenvalue weighted by atomic mass is 16.4. The van der Waals surface area contributed by atoms with Gasteiger partial charge in [0.2, 0.25) is 0 Å². The molecule has 0 saturated heterocycles. The Labute approximate surface area is 85.7 Å². The van der Waals surface area contributed by atoms with Crippen molar-refractivity contribution in [1.29, 1.82) is 0 Å². The molecule has 0 atom stereocenters. The molecule has 0 unspecified atom stereocenters. The highest BCUT2D eigenvalue weighted by Gasteiger charge is 1.87. The van der Waals surface area contributed by atoms with Crippen LogP contribution in [0.2, 0.25) is 0 Å². The molecule has 15 heavy (non-hydrogen) atoms. The lowest BCUT2D eigenvalue weighted by Gasteiger charge is -1.90. The molecular weight excluding hydrogens is 196 g/mol. The fourth-order valence-corrected chi connectivity index (χ4v) is 0.923. The molecule has 6 nitrogen and oxygen atoms in total. The van der Waals surface area contributed by atoms with Gasteiger partial charge in [0.25, 0.3) is 0 Å². The maximum Gasteiger partial charge on any atom is 0.418 e. The lowest BCUT2D eigenvalue weighted by molar-refractivity contribution is 0.194. The maximum absolute atomic E-state index is 9.13. The zero-order valence-electron chi connectivity index (χ0n) is 7.79. The summed E-state index contributed by atoms with van der Waals surface area (Å²) in [4.78, 5) is 17.1. The van der Waals surface area contributed by atoms with Gasteiger partial charge in [0, 0.05) is 11.6 Å². The molecule has 0 radical (unpaired) electrons. The van der Waals surface area contributed by atoms with Gasteiger partial charge < -0.3 is 5.11 Å². The predicted molar refractivity (Wildman–Crippen MR) is 54.9 cm³/mol. The number of hydrogen-bond acceptors (Lipinski definition) is 4. The molecule has 1 amide bonds. The summed E-state index contributed by atoms with van der Waals surface area (Å²) in [6.45, 7) is 0. The number of rotatable bonds is 0. The van der Waals surface area contributed by atoms with Crippen LogP contribution in [0.25, 0.3) is 10.9 Å². The van der Waals surface area contributed by atoms with E-state index in [4.69, 9.17) is 9.90 Å². The fraction of sp³-hybridized carbons (Fsp3) is 0. The first kappa shape index (κ1) is 10.9. The van der Waals surface area contributed by atoms with Gasteiger partial charge in [-0.05, 0) is 6.07 Å². The third-order valence-electron chi connectivity index (χ3n) is 1.54. The molecule has 1 heterocycles. The van der Waals surface area contributed by atoms with E-state index in [1.165, 1.54) is 5.43 Å². The van der Waals surface area contributed by atoms with Crippen LogP contribution < -0.4 is 11.3 Å². The second-order valence-electron chi connectivity index (χ2n) is 2.53. The van der Waals surface area contributed by atoms with Gasteiger partial charge >= 0.3 is 6.09 Å². The summed E-state index contributed by atoms with van der Waals surface area (Å²) in [7, 11) is 0. The zero-order chi connectivity index (χ0) is 11.1. The van der Waals surface area contributed by atoms with Crippen LogP contribution in [0.4, 0.5) is 4.79 Å². The van der Waals surface area contributed by atoms with Gasteiger partial charge in [-0.15, -0.1) is 0 Å². The van der Waals surface area contributed by atoms with E-state index in [0.717, 1.165) is 10.9 Å². The molecule has 0 aliphatic heterocycles. The third kappa shape index (κ3) is 3.57. The Morgan fingerprint density at radius 3 is 2.67 bits per heavy atom. The Hall–Kier alpha value is -2.21. The first-order chi connectivity index (χ1) is 7.24. The van der Waals surface area contributed by atoms with Crippen molar-refractivity contribution in [2.75, 3.05) is 0 Å². The number of carbonyl (C=O) groups is 1. The van der Waals surface area contributed by atoms with Gasteiger partial charge in [-0.3, -0.25) is 5.43 Å². The zero-order valence-corrected chi connectivity index (χ0v) is 7.79. The molecule has 1 aromatic heterocycles. The lowest BCUT2D eigenvalue weighted by atomic mass is 10.2. The average Bonchev–Trinajstić information content (AvgIpc) is 2.30. The SMILES string of the molecule is NNC(=O)O.c1ccc2ncncc2c1. The molecule has 0 aliphatic rings. The van der Waals surface area contributed by atoms with E-state index in [0.29, 0.717) is 0 Å². The van der Waals surface area contributed by atoms with Crippen LogP contribution in [0, 0.1) is 0 Å². The minimum absolute atomic E-state index is 0.998. The van der Waals surface area contributed by atoms with Crippen molar-refractivity contribution in [2.24, 2.45) is 5.84 Å². The largest absolute Gasteiger partial charge is 0.464 e.